The molecule has 0 spiro atoms. The van der Waals surface area contributed by atoms with E-state index in [1.54, 1.807) is 43.5 Å². The molecule has 6 rings (SSSR count). The number of carbonyl (C=O) groups is 1. The van der Waals surface area contributed by atoms with Gasteiger partial charge in [-0.25, -0.2) is 9.79 Å². The lowest BCUT2D eigenvalue weighted by molar-refractivity contribution is -0.136. The molecule has 3 aromatic carbocycles. The largest absolute Gasteiger partial charge is 0.493 e. The van der Waals surface area contributed by atoms with Gasteiger partial charge < -0.3 is 33.2 Å². The van der Waals surface area contributed by atoms with Crippen LogP contribution in [0, 0.1) is 0 Å². The van der Waals surface area contributed by atoms with Crippen molar-refractivity contribution in [2.24, 2.45) is 4.99 Å². The lowest BCUT2D eigenvalue weighted by Gasteiger charge is -2.23. The summed E-state index contributed by atoms with van der Waals surface area (Å²) in [4.78, 5) is 31.9. The second kappa shape index (κ2) is 13.9. The number of methoxy groups -OCH3 is 2. The number of hydrogen-bond acceptors (Lipinski definition) is 11. The van der Waals surface area contributed by atoms with E-state index >= 15 is 0 Å². The summed E-state index contributed by atoms with van der Waals surface area (Å²) in [5.41, 5.74) is 2.12. The van der Waals surface area contributed by atoms with Crippen molar-refractivity contribution in [2.45, 2.75) is 26.5 Å². The molecule has 4 aromatic rings. The molecule has 0 unspecified atom stereocenters. The molecule has 0 radical (unpaired) electrons. The van der Waals surface area contributed by atoms with Gasteiger partial charge in [0, 0.05) is 10.7 Å². The average Bonchev–Trinajstić information content (AvgIpc) is 3.68. The SMILES string of the molecule is CCOc1ccc([C@H]2C(C(=O)OC)=CN=c3s/c(=C\c4cc(OC)c(OCc5ccc6c(c5)OCO6)cc4Br)c(=O)n32)cc1OCC. The number of hydrogen-bond donors (Lipinski definition) is 0. The Bertz CT molecular complexity index is 2050. The average molecular weight is 724 g/mol. The Morgan fingerprint density at radius 2 is 1.74 bits per heavy atom. The maximum atomic E-state index is 14.1. The lowest BCUT2D eigenvalue weighted by atomic mass is 9.97. The highest BCUT2D eigenvalue weighted by atomic mass is 79.9. The van der Waals surface area contributed by atoms with Crippen LogP contribution in [0.5, 0.6) is 34.5 Å². The summed E-state index contributed by atoms with van der Waals surface area (Å²) >= 11 is 4.84. The van der Waals surface area contributed by atoms with E-state index in [4.69, 9.17) is 33.2 Å². The van der Waals surface area contributed by atoms with Gasteiger partial charge in [0.1, 0.15) is 6.61 Å². The minimum absolute atomic E-state index is 0.198. The molecule has 0 bridgehead atoms. The van der Waals surface area contributed by atoms with E-state index in [9.17, 15) is 9.59 Å². The van der Waals surface area contributed by atoms with Crippen molar-refractivity contribution in [3.63, 3.8) is 0 Å². The number of aromatic nitrogens is 1. The molecule has 244 valence electrons. The molecular weight excluding hydrogens is 692 g/mol. The first-order valence-electron chi connectivity index (χ1n) is 14.7. The molecule has 0 aliphatic carbocycles. The summed E-state index contributed by atoms with van der Waals surface area (Å²) in [5.74, 6) is 2.85. The molecule has 0 saturated carbocycles. The second-order valence-corrected chi connectivity index (χ2v) is 12.1. The summed E-state index contributed by atoms with van der Waals surface area (Å²) in [6, 6.07) is 13.8. The molecule has 0 saturated heterocycles. The highest BCUT2D eigenvalue weighted by Gasteiger charge is 2.31. The number of rotatable bonds is 11. The number of esters is 1. The van der Waals surface area contributed by atoms with Crippen molar-refractivity contribution in [2.75, 3.05) is 34.2 Å². The fraction of sp³-hybridized carbons (Fsp3) is 0.265. The zero-order valence-corrected chi connectivity index (χ0v) is 28.4. The van der Waals surface area contributed by atoms with Crippen molar-refractivity contribution in [3.8, 4) is 34.5 Å². The molecule has 13 heteroatoms. The zero-order valence-electron chi connectivity index (χ0n) is 26.0. The van der Waals surface area contributed by atoms with Gasteiger partial charge >= 0.3 is 5.97 Å². The summed E-state index contributed by atoms with van der Waals surface area (Å²) in [7, 11) is 2.85. The van der Waals surface area contributed by atoms with Gasteiger partial charge in [0.2, 0.25) is 6.79 Å². The monoisotopic (exact) mass is 722 g/mol. The van der Waals surface area contributed by atoms with Gasteiger partial charge in [-0.15, -0.1) is 0 Å². The van der Waals surface area contributed by atoms with Crippen molar-refractivity contribution >= 4 is 39.3 Å². The smallest absolute Gasteiger partial charge is 0.337 e. The summed E-state index contributed by atoms with van der Waals surface area (Å²) in [5, 5.41) is 0. The number of thiazole rings is 1. The summed E-state index contributed by atoms with van der Waals surface area (Å²) in [6.07, 6.45) is 3.20. The molecule has 0 amide bonds. The predicted octanol–water partition coefficient (Wildman–Crippen LogP) is 4.89. The molecule has 11 nitrogen and oxygen atoms in total. The van der Waals surface area contributed by atoms with Crippen LogP contribution in [0.25, 0.3) is 6.08 Å². The minimum atomic E-state index is -0.805. The Morgan fingerprint density at radius 1 is 0.979 bits per heavy atom. The Balaban J connectivity index is 1.37. The number of benzene rings is 3. The van der Waals surface area contributed by atoms with E-state index in [1.807, 2.05) is 32.0 Å². The lowest BCUT2D eigenvalue weighted by Crippen LogP contribution is -2.39. The standard InChI is InChI=1S/C34H31BrN2O9S/c1-5-42-24-10-8-20(12-28(24)43-6-2)31-22(33(39)41-4)16-36-34-37(31)32(38)30(47-34)14-21-13-26(40-3)29(15-23(21)35)44-17-19-7-9-25-27(11-19)46-18-45-25/h7-16,31H,5-6,17-18H2,1-4H3/b30-14-/t31-/m0/s1. The Hall–Kier alpha value is -4.75. The van der Waals surface area contributed by atoms with Crippen LogP contribution in [-0.4, -0.2) is 44.8 Å². The van der Waals surface area contributed by atoms with Crippen molar-refractivity contribution in [1.82, 2.24) is 4.57 Å². The van der Waals surface area contributed by atoms with Crippen molar-refractivity contribution < 1.29 is 38.0 Å². The van der Waals surface area contributed by atoms with Crippen LogP contribution in [0.15, 0.2) is 74.6 Å². The normalized spacial score (nSPS) is 15.0. The summed E-state index contributed by atoms with van der Waals surface area (Å²) < 4.78 is 41.8. The molecule has 1 aromatic heterocycles. The van der Waals surface area contributed by atoms with E-state index in [0.717, 1.165) is 5.56 Å². The van der Waals surface area contributed by atoms with Crippen LogP contribution in [0.2, 0.25) is 0 Å². The van der Waals surface area contributed by atoms with E-state index in [-0.39, 0.29) is 24.5 Å². The molecule has 0 fully saturated rings. The Kier molecular flexibility index (Phi) is 9.55. The number of ether oxygens (including phenoxy) is 7. The van der Waals surface area contributed by atoms with Gasteiger partial charge in [-0.2, -0.15) is 0 Å². The highest BCUT2D eigenvalue weighted by Crippen LogP contribution is 2.37. The quantitative estimate of drug-likeness (QED) is 0.200. The number of nitrogens with zero attached hydrogens (tertiary/aromatic N) is 2. The van der Waals surface area contributed by atoms with Gasteiger partial charge in [0.25, 0.3) is 5.56 Å². The fourth-order valence-electron chi connectivity index (χ4n) is 5.25. The zero-order chi connectivity index (χ0) is 33.1. The maximum Gasteiger partial charge on any atom is 0.337 e. The van der Waals surface area contributed by atoms with E-state index in [1.165, 1.54) is 29.2 Å². The van der Waals surface area contributed by atoms with Crippen LogP contribution in [0.4, 0.5) is 0 Å². The van der Waals surface area contributed by atoms with Crippen LogP contribution in [-0.2, 0) is 16.1 Å². The molecule has 47 heavy (non-hydrogen) atoms. The van der Waals surface area contributed by atoms with Crippen molar-refractivity contribution in [1.29, 1.82) is 0 Å². The van der Waals surface area contributed by atoms with Crippen LogP contribution < -0.4 is 43.3 Å². The first kappa shape index (κ1) is 32.2. The third kappa shape index (κ3) is 6.45. The molecule has 0 N–H and O–H groups in total. The van der Waals surface area contributed by atoms with Crippen LogP contribution >= 0.6 is 27.3 Å². The molecule has 1 atom stereocenters. The number of carbonyl (C=O) groups excluding carboxylic acids is 1. The Labute approximate surface area is 282 Å². The molecular formula is C34H31BrN2O9S. The fourth-order valence-corrected chi connectivity index (χ4v) is 6.65. The number of fused-ring (bicyclic) bond motifs is 2. The van der Waals surface area contributed by atoms with Gasteiger partial charge in [0.05, 0.1) is 43.6 Å². The van der Waals surface area contributed by atoms with Gasteiger partial charge in [-0.1, -0.05) is 39.4 Å². The van der Waals surface area contributed by atoms with E-state index < -0.39 is 12.0 Å². The van der Waals surface area contributed by atoms with Crippen LogP contribution in [0.1, 0.15) is 36.6 Å². The number of halogens is 1. The topological polar surface area (TPSA) is 116 Å². The van der Waals surface area contributed by atoms with Gasteiger partial charge in [0.15, 0.2) is 39.3 Å². The van der Waals surface area contributed by atoms with Crippen LogP contribution in [0.3, 0.4) is 0 Å². The first-order chi connectivity index (χ1) is 22.8. The highest BCUT2D eigenvalue weighted by molar-refractivity contribution is 9.10. The van der Waals surface area contributed by atoms with Gasteiger partial charge in [-0.3, -0.25) is 9.36 Å². The summed E-state index contributed by atoms with van der Waals surface area (Å²) in [6.45, 7) is 5.09. The molecule has 3 heterocycles. The maximum absolute atomic E-state index is 14.1. The predicted molar refractivity (Wildman–Crippen MR) is 178 cm³/mol. The van der Waals surface area contributed by atoms with E-state index in [0.29, 0.717) is 72.6 Å². The van der Waals surface area contributed by atoms with E-state index in [2.05, 4.69) is 20.9 Å². The second-order valence-electron chi connectivity index (χ2n) is 10.2. The minimum Gasteiger partial charge on any atom is -0.493 e. The third-order valence-corrected chi connectivity index (χ3v) is 9.09. The van der Waals surface area contributed by atoms with Gasteiger partial charge in [-0.05, 0) is 73.0 Å². The Morgan fingerprint density at radius 3 is 2.51 bits per heavy atom. The third-order valence-electron chi connectivity index (χ3n) is 7.41. The molecule has 2 aliphatic rings. The first-order valence-corrected chi connectivity index (χ1v) is 16.3. The van der Waals surface area contributed by atoms with Crippen molar-refractivity contribution in [3.05, 3.63) is 101 Å². The molecule has 2 aliphatic heterocycles.